The summed E-state index contributed by atoms with van der Waals surface area (Å²) in [4.78, 5) is 40.7. The van der Waals surface area contributed by atoms with Gasteiger partial charge in [-0.2, -0.15) is 0 Å². The number of carbonyl (C=O) groups is 2. The van der Waals surface area contributed by atoms with Crippen molar-refractivity contribution in [1.29, 1.82) is 0 Å². The van der Waals surface area contributed by atoms with E-state index >= 15 is 0 Å². The minimum Gasteiger partial charge on any atom is -0.493 e. The number of nitrogens with zero attached hydrogens (tertiary/aromatic N) is 4. The summed E-state index contributed by atoms with van der Waals surface area (Å²) < 4.78 is 19.2. The second kappa shape index (κ2) is 15.6. The summed E-state index contributed by atoms with van der Waals surface area (Å²) in [6.45, 7) is 3.53. The number of likely N-dealkylation sites (tertiary alicyclic amines) is 1. The van der Waals surface area contributed by atoms with Crippen molar-refractivity contribution in [2.45, 2.75) is 70.3 Å². The van der Waals surface area contributed by atoms with Crippen LogP contribution in [0, 0.1) is 0 Å². The molecule has 12 heteroatoms. The number of carbonyl (C=O) groups excluding carboxylic acids is 2. The number of amides is 2. The van der Waals surface area contributed by atoms with Gasteiger partial charge in [-0.3, -0.25) is 18.8 Å². The molecule has 0 radical (unpaired) electrons. The number of methoxy groups -OCH3 is 3. The normalized spacial score (nSPS) is 15.8. The molecule has 0 saturated carbocycles. The summed E-state index contributed by atoms with van der Waals surface area (Å²) in [5.41, 5.74) is 4.46. The molecule has 2 amide bonds. The standard InChI is InChI=1S/C38H46N6O6/c1-24(45)40-29-14-12-26-22-32(48-2)36(49-3)37(50-4)35(26)27-13-15-30(31(46)23-28(27)29)39-18-8-5-6-11-34(47)43-20-16-25(17-21-43)38-42-41-33-10-7-9-19-44(33)38/h7,9-10,13,15,19,22-23,25,29H,5-6,8,11-12,14,16-18,20-21H2,1-4H3,(H,39,46)(H,40,45). The topological polar surface area (TPSA) is 136 Å². The summed E-state index contributed by atoms with van der Waals surface area (Å²) >= 11 is 0. The molecule has 12 nitrogen and oxygen atoms in total. The number of aryl methyl sites for hydroxylation is 1. The summed E-state index contributed by atoms with van der Waals surface area (Å²) in [5, 5.41) is 15.1. The van der Waals surface area contributed by atoms with E-state index in [0.29, 0.717) is 54.7 Å². The van der Waals surface area contributed by atoms with Gasteiger partial charge in [0.1, 0.15) is 5.82 Å². The molecular weight excluding hydrogens is 636 g/mol. The first-order valence-corrected chi connectivity index (χ1v) is 17.4. The van der Waals surface area contributed by atoms with Crippen LogP contribution in [0.3, 0.4) is 0 Å². The van der Waals surface area contributed by atoms with E-state index in [0.717, 1.165) is 78.9 Å². The zero-order chi connectivity index (χ0) is 35.2. The van der Waals surface area contributed by atoms with Crippen LogP contribution in [0.15, 0.2) is 53.5 Å². The fourth-order valence-corrected chi connectivity index (χ4v) is 7.34. The second-order valence-electron chi connectivity index (χ2n) is 13.0. The van der Waals surface area contributed by atoms with E-state index in [1.807, 2.05) is 45.8 Å². The van der Waals surface area contributed by atoms with Gasteiger partial charge in [-0.25, -0.2) is 0 Å². The second-order valence-corrected chi connectivity index (χ2v) is 13.0. The van der Waals surface area contributed by atoms with Crippen LogP contribution in [0.25, 0.3) is 16.8 Å². The first kappa shape index (κ1) is 34.7. The van der Waals surface area contributed by atoms with Crippen molar-refractivity contribution in [2.75, 3.05) is 46.3 Å². The highest BCUT2D eigenvalue weighted by Gasteiger charge is 2.30. The summed E-state index contributed by atoms with van der Waals surface area (Å²) in [6.07, 6.45) is 7.97. The lowest BCUT2D eigenvalue weighted by Gasteiger charge is -2.31. The lowest BCUT2D eigenvalue weighted by molar-refractivity contribution is -0.132. The predicted octanol–water partition coefficient (Wildman–Crippen LogP) is 5.28. The number of nitrogens with one attached hydrogen (secondary N) is 2. The maximum atomic E-state index is 13.6. The van der Waals surface area contributed by atoms with Crippen molar-refractivity contribution in [1.82, 2.24) is 24.8 Å². The van der Waals surface area contributed by atoms with Gasteiger partial charge in [0.2, 0.25) is 23.0 Å². The van der Waals surface area contributed by atoms with E-state index in [-0.39, 0.29) is 23.3 Å². The SMILES string of the molecule is COc1cc2c(c(OC)c1OC)-c1ccc(NCCCCCC(=O)N3CCC(c4nnc5ccccn45)CC3)c(=O)cc1C(NC(C)=O)CC2. The Morgan fingerprint density at radius 1 is 0.920 bits per heavy atom. The Morgan fingerprint density at radius 3 is 2.46 bits per heavy atom. The van der Waals surface area contributed by atoms with E-state index in [4.69, 9.17) is 14.2 Å². The number of anilines is 1. The number of rotatable bonds is 12. The summed E-state index contributed by atoms with van der Waals surface area (Å²) in [6, 6.07) is 12.8. The first-order valence-electron chi connectivity index (χ1n) is 17.4. The van der Waals surface area contributed by atoms with Crippen molar-refractivity contribution in [3.63, 3.8) is 0 Å². The largest absolute Gasteiger partial charge is 0.493 e. The molecule has 3 heterocycles. The first-order chi connectivity index (χ1) is 24.3. The molecular formula is C38H46N6O6. The number of benzene rings is 1. The van der Waals surface area contributed by atoms with Crippen molar-refractivity contribution in [3.8, 4) is 28.4 Å². The van der Waals surface area contributed by atoms with Gasteiger partial charge in [-0.1, -0.05) is 18.6 Å². The lowest BCUT2D eigenvalue weighted by Crippen LogP contribution is -2.38. The average Bonchev–Trinajstić information content (AvgIpc) is 3.42. The van der Waals surface area contributed by atoms with Crippen molar-refractivity contribution >= 4 is 23.1 Å². The van der Waals surface area contributed by atoms with Crippen molar-refractivity contribution in [2.24, 2.45) is 0 Å². The monoisotopic (exact) mass is 682 g/mol. The number of fused-ring (bicyclic) bond motifs is 4. The highest BCUT2D eigenvalue weighted by atomic mass is 16.5. The lowest BCUT2D eigenvalue weighted by atomic mass is 9.95. The molecule has 2 aromatic carbocycles. The van der Waals surface area contributed by atoms with Gasteiger partial charge in [-0.15, -0.1) is 10.2 Å². The molecule has 2 aromatic heterocycles. The predicted molar refractivity (Wildman–Crippen MR) is 191 cm³/mol. The molecule has 2 aliphatic rings. The maximum Gasteiger partial charge on any atom is 0.222 e. The zero-order valence-corrected chi connectivity index (χ0v) is 29.3. The van der Waals surface area contributed by atoms with Crippen LogP contribution in [-0.4, -0.2) is 72.3 Å². The third-order valence-corrected chi connectivity index (χ3v) is 9.85. The van der Waals surface area contributed by atoms with Gasteiger partial charge in [0.15, 0.2) is 17.1 Å². The number of pyridine rings is 1. The maximum absolute atomic E-state index is 13.6. The molecule has 1 aliphatic carbocycles. The third-order valence-electron chi connectivity index (χ3n) is 9.85. The third kappa shape index (κ3) is 7.24. The van der Waals surface area contributed by atoms with E-state index < -0.39 is 0 Å². The minimum absolute atomic E-state index is 0.165. The number of aromatic nitrogens is 3. The van der Waals surface area contributed by atoms with Crippen LogP contribution < -0.4 is 30.3 Å². The van der Waals surface area contributed by atoms with Crippen LogP contribution in [-0.2, 0) is 16.0 Å². The zero-order valence-electron chi connectivity index (χ0n) is 29.3. The Balaban J connectivity index is 1.07. The smallest absolute Gasteiger partial charge is 0.222 e. The average molecular weight is 683 g/mol. The Hall–Kier alpha value is -5.13. The number of hydrogen-bond donors (Lipinski definition) is 2. The van der Waals surface area contributed by atoms with Crippen LogP contribution in [0.1, 0.15) is 80.8 Å². The molecule has 1 saturated heterocycles. The Labute approximate surface area is 292 Å². The molecule has 1 fully saturated rings. The molecule has 1 aliphatic heterocycles. The van der Waals surface area contributed by atoms with Crippen molar-refractivity contribution < 1.29 is 23.8 Å². The van der Waals surface area contributed by atoms with E-state index in [9.17, 15) is 14.4 Å². The van der Waals surface area contributed by atoms with Gasteiger partial charge in [0.25, 0.3) is 0 Å². The van der Waals surface area contributed by atoms with Gasteiger partial charge in [-0.05, 0) is 85.5 Å². The summed E-state index contributed by atoms with van der Waals surface area (Å²) in [5.74, 6) is 2.83. The Kier molecular flexibility index (Phi) is 10.8. The molecule has 4 aromatic rings. The van der Waals surface area contributed by atoms with Gasteiger partial charge in [0, 0.05) is 50.7 Å². The van der Waals surface area contributed by atoms with Gasteiger partial charge < -0.3 is 29.7 Å². The minimum atomic E-state index is -0.365. The molecule has 0 bridgehead atoms. The fourth-order valence-electron chi connectivity index (χ4n) is 7.34. The number of piperidine rings is 1. The van der Waals surface area contributed by atoms with E-state index in [1.54, 1.807) is 33.5 Å². The Bertz CT molecular complexity index is 1920. The van der Waals surface area contributed by atoms with E-state index in [2.05, 4.69) is 20.8 Å². The van der Waals surface area contributed by atoms with Gasteiger partial charge >= 0.3 is 0 Å². The quantitative estimate of drug-likeness (QED) is 0.191. The highest BCUT2D eigenvalue weighted by Crippen LogP contribution is 2.50. The Morgan fingerprint density at radius 2 is 1.72 bits per heavy atom. The molecule has 1 atom stereocenters. The number of hydrogen-bond acceptors (Lipinski definition) is 9. The molecule has 2 N–H and O–H groups in total. The van der Waals surface area contributed by atoms with Crippen LogP contribution in [0.5, 0.6) is 17.2 Å². The molecule has 264 valence electrons. The van der Waals surface area contributed by atoms with Crippen LogP contribution in [0.2, 0.25) is 0 Å². The highest BCUT2D eigenvalue weighted by molar-refractivity contribution is 5.84. The molecule has 0 spiro atoms. The van der Waals surface area contributed by atoms with Crippen LogP contribution >= 0.6 is 0 Å². The van der Waals surface area contributed by atoms with E-state index in [1.165, 1.54) is 6.92 Å². The summed E-state index contributed by atoms with van der Waals surface area (Å²) in [7, 11) is 4.73. The number of ether oxygens (including phenoxy) is 3. The van der Waals surface area contributed by atoms with Crippen LogP contribution in [0.4, 0.5) is 5.69 Å². The number of unbranched alkanes of at least 4 members (excludes halogenated alkanes) is 2. The molecule has 6 rings (SSSR count). The molecule has 50 heavy (non-hydrogen) atoms. The van der Waals surface area contributed by atoms with Gasteiger partial charge in [0.05, 0.1) is 33.1 Å². The van der Waals surface area contributed by atoms with Crippen molar-refractivity contribution in [3.05, 3.63) is 75.8 Å². The molecule has 1 unspecified atom stereocenters. The fraction of sp³-hybridized carbons (Fsp3) is 0.447.